The molecule has 3 aromatic heterocycles. The highest BCUT2D eigenvalue weighted by molar-refractivity contribution is 6.30. The van der Waals surface area contributed by atoms with Crippen LogP contribution < -0.4 is 5.56 Å². The van der Waals surface area contributed by atoms with Crippen molar-refractivity contribution in [2.75, 3.05) is 0 Å². The fourth-order valence-electron chi connectivity index (χ4n) is 3.97. The predicted octanol–water partition coefficient (Wildman–Crippen LogP) is 5.35. The minimum atomic E-state index is -0.266. The number of halogens is 1. The lowest BCUT2D eigenvalue weighted by molar-refractivity contribution is 0.962. The van der Waals surface area contributed by atoms with Gasteiger partial charge in [0.05, 0.1) is 5.69 Å². The molecule has 8 heteroatoms. The Morgan fingerprint density at radius 3 is 2.09 bits per heavy atom. The number of rotatable bonds is 4. The molecule has 0 radical (unpaired) electrons. The van der Waals surface area contributed by atoms with Crippen LogP contribution in [0.1, 0.15) is 0 Å². The van der Waals surface area contributed by atoms with Gasteiger partial charge in [-0.05, 0) is 42.5 Å². The van der Waals surface area contributed by atoms with E-state index in [1.807, 2.05) is 59.2 Å². The smallest absolute Gasteiger partial charge is 0.283 e. The number of aromatic nitrogens is 6. The average Bonchev–Trinajstić information content (AvgIpc) is 3.35. The number of fused-ring (bicyclic) bond motifs is 1. The molecule has 0 atom stereocenters. The molecule has 0 bridgehead atoms. The summed E-state index contributed by atoms with van der Waals surface area (Å²) in [7, 11) is 0. The van der Waals surface area contributed by atoms with Gasteiger partial charge in [0.25, 0.3) is 5.56 Å². The first-order chi connectivity index (χ1) is 17.2. The number of hydrogen-bond donors (Lipinski definition) is 0. The Hall–Kier alpha value is -4.62. The van der Waals surface area contributed by atoms with Gasteiger partial charge in [0.2, 0.25) is 0 Å². The highest BCUT2D eigenvalue weighted by Crippen LogP contribution is 2.26. The molecule has 0 fully saturated rings. The highest BCUT2D eigenvalue weighted by Gasteiger charge is 2.19. The maximum Gasteiger partial charge on any atom is 0.286 e. The summed E-state index contributed by atoms with van der Waals surface area (Å²) in [6, 6.07) is 26.2. The van der Waals surface area contributed by atoms with Gasteiger partial charge in [-0.3, -0.25) is 13.9 Å². The van der Waals surface area contributed by atoms with Crippen LogP contribution in [0, 0.1) is 0 Å². The summed E-state index contributed by atoms with van der Waals surface area (Å²) in [5, 5.41) is 0.581. The summed E-state index contributed by atoms with van der Waals surface area (Å²) in [5.41, 5.74) is 3.64. The van der Waals surface area contributed by atoms with Crippen molar-refractivity contribution in [3.8, 4) is 34.2 Å². The molecule has 3 heterocycles. The van der Waals surface area contributed by atoms with E-state index in [1.54, 1.807) is 53.6 Å². The molecular weight excluding hydrogens is 460 g/mol. The predicted molar refractivity (Wildman–Crippen MR) is 136 cm³/mol. The first kappa shape index (κ1) is 20.9. The van der Waals surface area contributed by atoms with E-state index >= 15 is 0 Å². The van der Waals surface area contributed by atoms with E-state index in [0.29, 0.717) is 28.0 Å². The largest absolute Gasteiger partial charge is 0.286 e. The molecule has 35 heavy (non-hydrogen) atoms. The van der Waals surface area contributed by atoms with Crippen molar-refractivity contribution >= 4 is 22.8 Å². The monoisotopic (exact) mass is 476 g/mol. The Labute approximate surface area is 205 Å². The molecule has 0 amide bonds. The summed E-state index contributed by atoms with van der Waals surface area (Å²) >= 11 is 6.11. The molecular formula is C27H17ClN6O. The van der Waals surface area contributed by atoms with Crippen molar-refractivity contribution in [2.24, 2.45) is 0 Å². The molecule has 0 saturated carbocycles. The minimum absolute atomic E-state index is 0.266. The van der Waals surface area contributed by atoms with Gasteiger partial charge in [-0.1, -0.05) is 54.1 Å². The lowest BCUT2D eigenvalue weighted by Crippen LogP contribution is -2.22. The maximum atomic E-state index is 13.7. The summed E-state index contributed by atoms with van der Waals surface area (Å²) in [4.78, 5) is 31.7. The second-order valence-electron chi connectivity index (χ2n) is 7.82. The molecule has 3 aromatic carbocycles. The van der Waals surface area contributed by atoms with Crippen molar-refractivity contribution in [1.29, 1.82) is 0 Å². The number of para-hydroxylation sites is 1. The van der Waals surface area contributed by atoms with Gasteiger partial charge >= 0.3 is 0 Å². The quantitative estimate of drug-likeness (QED) is 0.343. The van der Waals surface area contributed by atoms with Gasteiger partial charge < -0.3 is 0 Å². The van der Waals surface area contributed by atoms with Gasteiger partial charge in [0, 0.05) is 34.2 Å². The van der Waals surface area contributed by atoms with Gasteiger partial charge in [0.1, 0.15) is 12.2 Å². The Bertz CT molecular complexity index is 1690. The van der Waals surface area contributed by atoms with Crippen LogP contribution in [0.4, 0.5) is 0 Å². The molecule has 0 aliphatic carbocycles. The summed E-state index contributed by atoms with van der Waals surface area (Å²) in [5.74, 6) is 1.11. The molecule has 6 rings (SSSR count). The Morgan fingerprint density at radius 1 is 0.686 bits per heavy atom. The van der Waals surface area contributed by atoms with E-state index in [2.05, 4.69) is 15.0 Å². The third-order valence-corrected chi connectivity index (χ3v) is 5.91. The van der Waals surface area contributed by atoms with Crippen LogP contribution in [0.25, 0.3) is 45.3 Å². The highest BCUT2D eigenvalue weighted by atomic mass is 35.5. The number of benzene rings is 3. The van der Waals surface area contributed by atoms with Crippen LogP contribution >= 0.6 is 11.6 Å². The molecule has 0 N–H and O–H groups in total. The molecule has 0 aliphatic rings. The van der Waals surface area contributed by atoms with Crippen molar-refractivity contribution in [3.05, 3.63) is 119 Å². The molecule has 0 spiro atoms. The zero-order valence-corrected chi connectivity index (χ0v) is 19.0. The number of nitrogens with zero attached hydrogens (tertiary/aromatic N) is 6. The Morgan fingerprint density at radius 2 is 1.37 bits per heavy atom. The van der Waals surface area contributed by atoms with Crippen molar-refractivity contribution in [2.45, 2.75) is 0 Å². The van der Waals surface area contributed by atoms with E-state index < -0.39 is 0 Å². The first-order valence-electron chi connectivity index (χ1n) is 10.9. The van der Waals surface area contributed by atoms with Crippen molar-refractivity contribution in [3.63, 3.8) is 0 Å². The topological polar surface area (TPSA) is 78.5 Å². The van der Waals surface area contributed by atoms with Gasteiger partial charge in [-0.15, -0.1) is 0 Å². The zero-order chi connectivity index (χ0) is 23.8. The summed E-state index contributed by atoms with van der Waals surface area (Å²) in [6.45, 7) is 0. The van der Waals surface area contributed by atoms with Gasteiger partial charge in [-0.25, -0.2) is 19.9 Å². The van der Waals surface area contributed by atoms with Crippen LogP contribution in [0.2, 0.25) is 5.02 Å². The number of imidazole rings is 1. The second kappa shape index (κ2) is 8.62. The SMILES string of the molecule is O=c1c2ncn(-c3ccccc3)c2nc(-c2ccc(-c3ncccn3)cc2)n1-c1ccc(Cl)cc1. The van der Waals surface area contributed by atoms with E-state index in [0.717, 1.165) is 16.8 Å². The van der Waals surface area contributed by atoms with Gasteiger partial charge in [-0.2, -0.15) is 0 Å². The molecule has 0 saturated heterocycles. The molecule has 6 aromatic rings. The van der Waals surface area contributed by atoms with Crippen LogP contribution in [0.3, 0.4) is 0 Å². The van der Waals surface area contributed by atoms with Crippen LogP contribution in [0.5, 0.6) is 0 Å². The Balaban J connectivity index is 1.59. The van der Waals surface area contributed by atoms with Crippen molar-refractivity contribution < 1.29 is 0 Å². The fourth-order valence-corrected chi connectivity index (χ4v) is 4.10. The first-order valence-corrected chi connectivity index (χ1v) is 11.3. The second-order valence-corrected chi connectivity index (χ2v) is 8.26. The minimum Gasteiger partial charge on any atom is -0.283 e. The van der Waals surface area contributed by atoms with Crippen LogP contribution in [-0.2, 0) is 0 Å². The molecule has 7 nitrogen and oxygen atoms in total. The van der Waals surface area contributed by atoms with E-state index in [4.69, 9.17) is 16.6 Å². The number of hydrogen-bond acceptors (Lipinski definition) is 5. The van der Waals surface area contributed by atoms with E-state index in [-0.39, 0.29) is 11.1 Å². The Kier molecular flexibility index (Phi) is 5.16. The van der Waals surface area contributed by atoms with Crippen LogP contribution in [-0.4, -0.2) is 29.1 Å². The third-order valence-electron chi connectivity index (χ3n) is 5.66. The third kappa shape index (κ3) is 3.78. The lowest BCUT2D eigenvalue weighted by atomic mass is 10.1. The average molecular weight is 477 g/mol. The lowest BCUT2D eigenvalue weighted by Gasteiger charge is -2.14. The summed E-state index contributed by atoms with van der Waals surface area (Å²) in [6.07, 6.45) is 5.03. The van der Waals surface area contributed by atoms with Crippen molar-refractivity contribution in [1.82, 2.24) is 29.1 Å². The van der Waals surface area contributed by atoms with Crippen LogP contribution in [0.15, 0.2) is 108 Å². The molecule has 0 aliphatic heterocycles. The molecule has 168 valence electrons. The van der Waals surface area contributed by atoms with Gasteiger partial charge in [0.15, 0.2) is 17.0 Å². The standard InChI is InChI=1S/C27H17ClN6O/c28-20-11-13-22(14-12-20)34-25(19-9-7-18(8-10-19)24-29-15-4-16-30-24)32-26-23(27(34)35)31-17-33(26)21-5-2-1-3-6-21/h1-17H. The van der Waals surface area contributed by atoms with E-state index in [1.165, 1.54) is 0 Å². The maximum absolute atomic E-state index is 13.7. The molecule has 0 unspecified atom stereocenters. The fraction of sp³-hybridized carbons (Fsp3) is 0. The summed E-state index contributed by atoms with van der Waals surface area (Å²) < 4.78 is 3.38. The normalized spacial score (nSPS) is 11.1. The zero-order valence-electron chi connectivity index (χ0n) is 18.3. The van der Waals surface area contributed by atoms with E-state index in [9.17, 15) is 4.79 Å².